The van der Waals surface area contributed by atoms with Gasteiger partial charge in [-0.25, -0.2) is 0 Å². The molecule has 1 aromatic rings. The number of nitrogens with two attached hydrogens (primary N) is 1. The number of aryl methyl sites for hydroxylation is 1. The Hall–Kier alpha value is -2.04. The summed E-state index contributed by atoms with van der Waals surface area (Å²) in [6.07, 6.45) is 0. The molecule has 5 heteroatoms. The van der Waals surface area contributed by atoms with Crippen molar-refractivity contribution in [2.24, 2.45) is 11.7 Å². The van der Waals surface area contributed by atoms with Crippen molar-refractivity contribution >= 4 is 17.6 Å². The Labute approximate surface area is 113 Å². The zero-order valence-corrected chi connectivity index (χ0v) is 11.5. The van der Waals surface area contributed by atoms with E-state index < -0.39 is 11.9 Å². The van der Waals surface area contributed by atoms with Gasteiger partial charge in [-0.3, -0.25) is 9.59 Å². The molecule has 0 radical (unpaired) electrons. The van der Waals surface area contributed by atoms with E-state index in [0.717, 1.165) is 11.3 Å². The molecule has 0 fully saturated rings. The second-order valence-electron chi connectivity index (χ2n) is 5.03. The van der Waals surface area contributed by atoms with Crippen LogP contribution in [0.25, 0.3) is 0 Å². The van der Waals surface area contributed by atoms with E-state index in [0.29, 0.717) is 18.0 Å². The van der Waals surface area contributed by atoms with Crippen molar-refractivity contribution in [1.82, 2.24) is 0 Å². The number of hydrogen-bond acceptors (Lipinski definition) is 3. The van der Waals surface area contributed by atoms with Crippen LogP contribution in [0.3, 0.4) is 0 Å². The molecule has 104 valence electrons. The van der Waals surface area contributed by atoms with Gasteiger partial charge in [0.25, 0.3) is 0 Å². The van der Waals surface area contributed by atoms with E-state index in [4.69, 9.17) is 10.8 Å². The zero-order chi connectivity index (χ0) is 14.6. The number of carboxylic acids is 1. The molecule has 0 aromatic heterocycles. The van der Waals surface area contributed by atoms with Crippen molar-refractivity contribution in [2.45, 2.75) is 20.8 Å². The van der Waals surface area contributed by atoms with Crippen LogP contribution >= 0.6 is 0 Å². The van der Waals surface area contributed by atoms with E-state index in [1.807, 2.05) is 13.8 Å². The molecule has 3 N–H and O–H groups in total. The molecule has 0 spiro atoms. The number of carboxylic acid groups (broad SMARTS) is 1. The molecular formula is C14H20N2O3. The smallest absolute Gasteiger partial charge is 0.323 e. The van der Waals surface area contributed by atoms with E-state index in [-0.39, 0.29) is 6.54 Å². The monoisotopic (exact) mass is 264 g/mol. The number of anilines is 1. The molecule has 0 saturated heterocycles. The fraction of sp³-hybridized carbons (Fsp3) is 0.429. The fourth-order valence-electron chi connectivity index (χ4n) is 1.99. The van der Waals surface area contributed by atoms with Gasteiger partial charge < -0.3 is 15.7 Å². The molecule has 0 bridgehead atoms. The SMILES string of the molecule is Cc1cc(N(CC(=O)O)CC(C)C)ccc1C(N)=O. The lowest BCUT2D eigenvalue weighted by Crippen LogP contribution is -2.33. The minimum absolute atomic E-state index is 0.0620. The van der Waals surface area contributed by atoms with Crippen LogP contribution in [0.15, 0.2) is 18.2 Å². The lowest BCUT2D eigenvalue weighted by atomic mass is 10.1. The van der Waals surface area contributed by atoms with E-state index in [9.17, 15) is 9.59 Å². The van der Waals surface area contributed by atoms with E-state index >= 15 is 0 Å². The van der Waals surface area contributed by atoms with Gasteiger partial charge in [0.15, 0.2) is 0 Å². The van der Waals surface area contributed by atoms with Gasteiger partial charge in [-0.2, -0.15) is 0 Å². The van der Waals surface area contributed by atoms with Crippen molar-refractivity contribution in [2.75, 3.05) is 18.0 Å². The molecule has 1 rings (SSSR count). The molecule has 0 saturated carbocycles. The fourth-order valence-corrected chi connectivity index (χ4v) is 1.99. The maximum absolute atomic E-state index is 11.2. The molecule has 0 unspecified atom stereocenters. The van der Waals surface area contributed by atoms with Gasteiger partial charge in [0.2, 0.25) is 5.91 Å². The summed E-state index contributed by atoms with van der Waals surface area (Å²) < 4.78 is 0. The first-order valence-electron chi connectivity index (χ1n) is 6.18. The van der Waals surface area contributed by atoms with Crippen LogP contribution < -0.4 is 10.6 Å². The number of nitrogens with zero attached hydrogens (tertiary/aromatic N) is 1. The van der Waals surface area contributed by atoms with Crippen LogP contribution in [0.2, 0.25) is 0 Å². The zero-order valence-electron chi connectivity index (χ0n) is 11.5. The number of carbonyl (C=O) groups is 2. The maximum Gasteiger partial charge on any atom is 0.323 e. The molecule has 0 aliphatic carbocycles. The lowest BCUT2D eigenvalue weighted by Gasteiger charge is -2.25. The third kappa shape index (κ3) is 4.28. The molecule has 0 heterocycles. The summed E-state index contributed by atoms with van der Waals surface area (Å²) in [5, 5.41) is 8.95. The van der Waals surface area contributed by atoms with Gasteiger partial charge >= 0.3 is 5.97 Å². The summed E-state index contributed by atoms with van der Waals surface area (Å²) >= 11 is 0. The molecule has 19 heavy (non-hydrogen) atoms. The topological polar surface area (TPSA) is 83.6 Å². The molecule has 1 aromatic carbocycles. The van der Waals surface area contributed by atoms with Gasteiger partial charge in [-0.15, -0.1) is 0 Å². The van der Waals surface area contributed by atoms with Crippen LogP contribution in [-0.4, -0.2) is 30.1 Å². The Bertz CT molecular complexity index is 484. The number of carbonyl (C=O) groups excluding carboxylic acids is 1. The molecule has 0 atom stereocenters. The normalized spacial score (nSPS) is 10.5. The summed E-state index contributed by atoms with van der Waals surface area (Å²) in [6, 6.07) is 5.17. The van der Waals surface area contributed by atoms with Crippen molar-refractivity contribution in [1.29, 1.82) is 0 Å². The highest BCUT2D eigenvalue weighted by atomic mass is 16.4. The predicted molar refractivity (Wildman–Crippen MR) is 74.4 cm³/mol. The minimum atomic E-state index is -0.878. The van der Waals surface area contributed by atoms with Crippen LogP contribution in [0.4, 0.5) is 5.69 Å². The third-order valence-electron chi connectivity index (χ3n) is 2.75. The van der Waals surface area contributed by atoms with Gasteiger partial charge in [-0.05, 0) is 36.6 Å². The Morgan fingerprint density at radius 1 is 1.37 bits per heavy atom. The average molecular weight is 264 g/mol. The lowest BCUT2D eigenvalue weighted by molar-refractivity contribution is -0.135. The highest BCUT2D eigenvalue weighted by Crippen LogP contribution is 2.20. The summed E-state index contributed by atoms with van der Waals surface area (Å²) in [4.78, 5) is 23.9. The third-order valence-corrected chi connectivity index (χ3v) is 2.75. The first kappa shape index (κ1) is 15.0. The Kier molecular flexibility index (Phi) is 4.92. The van der Waals surface area contributed by atoms with Crippen LogP contribution in [0.5, 0.6) is 0 Å². The number of benzene rings is 1. The summed E-state index contributed by atoms with van der Waals surface area (Å²) in [7, 11) is 0. The van der Waals surface area contributed by atoms with Gasteiger partial charge in [-0.1, -0.05) is 13.8 Å². The first-order valence-corrected chi connectivity index (χ1v) is 6.18. The van der Waals surface area contributed by atoms with E-state index in [2.05, 4.69) is 0 Å². The quantitative estimate of drug-likeness (QED) is 0.818. The van der Waals surface area contributed by atoms with Gasteiger partial charge in [0, 0.05) is 17.8 Å². The Morgan fingerprint density at radius 2 is 2.00 bits per heavy atom. The predicted octanol–water partition coefficient (Wildman–Crippen LogP) is 1.64. The van der Waals surface area contributed by atoms with Crippen molar-refractivity contribution in [3.8, 4) is 0 Å². The van der Waals surface area contributed by atoms with Crippen LogP contribution in [0, 0.1) is 12.8 Å². The Balaban J connectivity index is 3.05. The number of hydrogen-bond donors (Lipinski definition) is 2. The second-order valence-corrected chi connectivity index (χ2v) is 5.03. The first-order chi connectivity index (χ1) is 8.81. The summed E-state index contributed by atoms with van der Waals surface area (Å²) in [5.74, 6) is -1.01. The Morgan fingerprint density at radius 3 is 2.42 bits per heavy atom. The average Bonchev–Trinajstić information content (AvgIpc) is 2.26. The van der Waals surface area contributed by atoms with E-state index in [1.165, 1.54) is 0 Å². The number of amides is 1. The molecular weight excluding hydrogens is 244 g/mol. The maximum atomic E-state index is 11.2. The highest BCUT2D eigenvalue weighted by molar-refractivity contribution is 5.94. The number of primary amides is 1. The summed E-state index contributed by atoms with van der Waals surface area (Å²) in [6.45, 7) is 6.42. The van der Waals surface area contributed by atoms with Crippen molar-refractivity contribution < 1.29 is 14.7 Å². The largest absolute Gasteiger partial charge is 0.480 e. The second kappa shape index (κ2) is 6.22. The molecule has 0 aliphatic rings. The highest BCUT2D eigenvalue weighted by Gasteiger charge is 2.14. The van der Waals surface area contributed by atoms with Crippen molar-refractivity contribution in [3.05, 3.63) is 29.3 Å². The molecule has 5 nitrogen and oxygen atoms in total. The standard InChI is InChI=1S/C14H20N2O3/c1-9(2)7-16(8-13(17)18)11-4-5-12(14(15)19)10(3)6-11/h4-6,9H,7-8H2,1-3H3,(H2,15,19)(H,17,18). The number of rotatable bonds is 6. The van der Waals surface area contributed by atoms with Gasteiger partial charge in [0.1, 0.15) is 6.54 Å². The van der Waals surface area contributed by atoms with Crippen LogP contribution in [-0.2, 0) is 4.79 Å². The van der Waals surface area contributed by atoms with E-state index in [1.54, 1.807) is 30.0 Å². The van der Waals surface area contributed by atoms with Crippen LogP contribution in [0.1, 0.15) is 29.8 Å². The minimum Gasteiger partial charge on any atom is -0.480 e. The molecule has 0 aliphatic heterocycles. The summed E-state index contributed by atoms with van der Waals surface area (Å²) in [5.41, 5.74) is 7.26. The number of aliphatic carboxylic acids is 1. The molecule has 1 amide bonds. The van der Waals surface area contributed by atoms with Gasteiger partial charge in [0.05, 0.1) is 0 Å². The van der Waals surface area contributed by atoms with Crippen molar-refractivity contribution in [3.63, 3.8) is 0 Å².